The Morgan fingerprint density at radius 2 is 2.00 bits per heavy atom. The van der Waals surface area contributed by atoms with E-state index in [0.29, 0.717) is 6.54 Å². The number of carbonyl (C=O) groups excluding carboxylic acids is 1. The van der Waals surface area contributed by atoms with Crippen molar-refractivity contribution < 1.29 is 14.7 Å². The van der Waals surface area contributed by atoms with Crippen molar-refractivity contribution in [3.63, 3.8) is 0 Å². The molecule has 2 rings (SSSR count). The zero-order valence-corrected chi connectivity index (χ0v) is 8.06. The molecule has 0 bridgehead atoms. The molecule has 0 aromatic heterocycles. The molecule has 1 aromatic carbocycles. The molecule has 1 aliphatic heterocycles. The lowest BCUT2D eigenvalue weighted by Gasteiger charge is -2.06. The van der Waals surface area contributed by atoms with Gasteiger partial charge in [-0.25, -0.2) is 4.79 Å². The van der Waals surface area contributed by atoms with Gasteiger partial charge in [-0.1, -0.05) is 12.1 Å². The van der Waals surface area contributed by atoms with Gasteiger partial charge in [0, 0.05) is 6.54 Å². The Balaban J connectivity index is 2.23. The summed E-state index contributed by atoms with van der Waals surface area (Å²) in [6, 6.07) is 6.48. The third kappa shape index (κ3) is 1.83. The van der Waals surface area contributed by atoms with Crippen molar-refractivity contribution in [2.45, 2.75) is 12.3 Å². The van der Waals surface area contributed by atoms with Crippen LogP contribution in [0.25, 0.3) is 0 Å². The van der Waals surface area contributed by atoms with Crippen LogP contribution in [-0.4, -0.2) is 23.5 Å². The van der Waals surface area contributed by atoms with Gasteiger partial charge in [-0.05, 0) is 24.1 Å². The van der Waals surface area contributed by atoms with Crippen molar-refractivity contribution in [1.29, 1.82) is 0 Å². The molecule has 78 valence electrons. The summed E-state index contributed by atoms with van der Waals surface area (Å²) in [5, 5.41) is 11.5. The van der Waals surface area contributed by atoms with E-state index in [-0.39, 0.29) is 17.4 Å². The minimum Gasteiger partial charge on any atom is -0.478 e. The largest absolute Gasteiger partial charge is 0.478 e. The van der Waals surface area contributed by atoms with Gasteiger partial charge in [0.25, 0.3) is 0 Å². The second kappa shape index (κ2) is 3.73. The van der Waals surface area contributed by atoms with E-state index in [1.165, 1.54) is 12.1 Å². The fraction of sp³-hybridized carbons (Fsp3) is 0.273. The maximum absolute atomic E-state index is 11.4. The standard InChI is InChI=1S/C11H11NO3/c13-10-9(5-6-12-10)7-1-3-8(4-2-7)11(14)15/h1-4,9H,5-6H2,(H,12,13)(H,14,15)/t9-/m1/s1. The molecule has 4 heteroatoms. The Bertz CT molecular complexity index is 397. The molecular weight excluding hydrogens is 194 g/mol. The monoisotopic (exact) mass is 205 g/mol. The Kier molecular flexibility index (Phi) is 2.41. The number of carboxylic acid groups (broad SMARTS) is 1. The van der Waals surface area contributed by atoms with Crippen LogP contribution in [-0.2, 0) is 4.79 Å². The Morgan fingerprint density at radius 1 is 1.33 bits per heavy atom. The summed E-state index contributed by atoms with van der Waals surface area (Å²) in [6.07, 6.45) is 0.783. The lowest BCUT2D eigenvalue weighted by molar-refractivity contribution is -0.120. The fourth-order valence-electron chi connectivity index (χ4n) is 1.77. The summed E-state index contributed by atoms with van der Waals surface area (Å²) in [7, 11) is 0. The number of carbonyl (C=O) groups is 2. The van der Waals surface area contributed by atoms with Crippen molar-refractivity contribution in [1.82, 2.24) is 5.32 Å². The first kappa shape index (κ1) is 9.71. The van der Waals surface area contributed by atoms with E-state index in [4.69, 9.17) is 5.11 Å². The number of rotatable bonds is 2. The first-order valence-corrected chi connectivity index (χ1v) is 4.79. The summed E-state index contributed by atoms with van der Waals surface area (Å²) < 4.78 is 0. The molecule has 1 atom stereocenters. The second-order valence-corrected chi connectivity index (χ2v) is 3.56. The van der Waals surface area contributed by atoms with Gasteiger partial charge in [0.15, 0.2) is 0 Å². The zero-order chi connectivity index (χ0) is 10.8. The third-order valence-corrected chi connectivity index (χ3v) is 2.61. The van der Waals surface area contributed by atoms with Gasteiger partial charge < -0.3 is 10.4 Å². The highest BCUT2D eigenvalue weighted by Gasteiger charge is 2.25. The van der Waals surface area contributed by atoms with Gasteiger partial charge in [-0.15, -0.1) is 0 Å². The van der Waals surface area contributed by atoms with Crippen LogP contribution >= 0.6 is 0 Å². The van der Waals surface area contributed by atoms with E-state index in [1.807, 2.05) is 0 Å². The molecule has 0 unspecified atom stereocenters. The van der Waals surface area contributed by atoms with E-state index < -0.39 is 5.97 Å². The molecule has 0 saturated carbocycles. The average molecular weight is 205 g/mol. The van der Waals surface area contributed by atoms with Crippen LogP contribution in [0.5, 0.6) is 0 Å². The fourth-order valence-corrected chi connectivity index (χ4v) is 1.77. The first-order valence-electron chi connectivity index (χ1n) is 4.79. The third-order valence-electron chi connectivity index (χ3n) is 2.61. The van der Waals surface area contributed by atoms with Crippen LogP contribution in [0.3, 0.4) is 0 Å². The number of amides is 1. The molecule has 0 radical (unpaired) electrons. The zero-order valence-electron chi connectivity index (χ0n) is 8.06. The van der Waals surface area contributed by atoms with Gasteiger partial charge in [0.1, 0.15) is 0 Å². The van der Waals surface area contributed by atoms with Gasteiger partial charge in [0.2, 0.25) is 5.91 Å². The summed E-state index contributed by atoms with van der Waals surface area (Å²) in [6.45, 7) is 0.699. The quantitative estimate of drug-likeness (QED) is 0.756. The number of hydrogen-bond acceptors (Lipinski definition) is 2. The smallest absolute Gasteiger partial charge is 0.335 e. The van der Waals surface area contributed by atoms with Crippen LogP contribution in [0.15, 0.2) is 24.3 Å². The summed E-state index contributed by atoms with van der Waals surface area (Å²) in [5.41, 5.74) is 1.13. The van der Waals surface area contributed by atoms with Crippen molar-refractivity contribution in [3.05, 3.63) is 35.4 Å². The Labute approximate surface area is 86.9 Å². The lowest BCUT2D eigenvalue weighted by atomic mass is 9.97. The van der Waals surface area contributed by atoms with Crippen LogP contribution in [0.4, 0.5) is 0 Å². The van der Waals surface area contributed by atoms with Crippen molar-refractivity contribution >= 4 is 11.9 Å². The van der Waals surface area contributed by atoms with Crippen LogP contribution in [0, 0.1) is 0 Å². The normalized spacial score (nSPS) is 20.0. The molecular formula is C11H11NO3. The van der Waals surface area contributed by atoms with Crippen LogP contribution < -0.4 is 5.32 Å². The predicted molar refractivity (Wildman–Crippen MR) is 53.8 cm³/mol. The number of aromatic carboxylic acids is 1. The molecule has 0 aliphatic carbocycles. The highest BCUT2D eigenvalue weighted by atomic mass is 16.4. The molecule has 1 saturated heterocycles. The molecule has 1 heterocycles. The van der Waals surface area contributed by atoms with E-state index in [0.717, 1.165) is 12.0 Å². The summed E-state index contributed by atoms with van der Waals surface area (Å²) >= 11 is 0. The predicted octanol–water partition coefficient (Wildman–Crippen LogP) is 0.988. The topological polar surface area (TPSA) is 66.4 Å². The molecule has 1 aliphatic rings. The van der Waals surface area contributed by atoms with E-state index in [9.17, 15) is 9.59 Å². The number of hydrogen-bond donors (Lipinski definition) is 2. The lowest BCUT2D eigenvalue weighted by Crippen LogP contribution is -2.17. The molecule has 1 amide bonds. The summed E-state index contributed by atoms with van der Waals surface area (Å²) in [4.78, 5) is 22.0. The molecule has 1 fully saturated rings. The first-order chi connectivity index (χ1) is 7.18. The minimum absolute atomic E-state index is 0.0260. The van der Waals surface area contributed by atoms with Gasteiger partial charge in [-0.3, -0.25) is 4.79 Å². The average Bonchev–Trinajstić information content (AvgIpc) is 2.65. The molecule has 4 nitrogen and oxygen atoms in total. The maximum atomic E-state index is 11.4. The Hall–Kier alpha value is -1.84. The molecule has 1 aromatic rings. The molecule has 0 spiro atoms. The summed E-state index contributed by atoms with van der Waals surface area (Å²) in [5.74, 6) is -1.04. The highest BCUT2D eigenvalue weighted by molar-refractivity contribution is 5.88. The SMILES string of the molecule is O=C(O)c1ccc([C@H]2CCNC2=O)cc1. The van der Waals surface area contributed by atoms with E-state index in [2.05, 4.69) is 5.32 Å². The number of carboxylic acids is 1. The minimum atomic E-state index is -0.947. The van der Waals surface area contributed by atoms with Gasteiger partial charge in [-0.2, -0.15) is 0 Å². The second-order valence-electron chi connectivity index (χ2n) is 3.56. The maximum Gasteiger partial charge on any atom is 0.335 e. The highest BCUT2D eigenvalue weighted by Crippen LogP contribution is 2.23. The number of benzene rings is 1. The Morgan fingerprint density at radius 3 is 2.47 bits per heavy atom. The van der Waals surface area contributed by atoms with Crippen LogP contribution in [0.2, 0.25) is 0 Å². The number of nitrogens with one attached hydrogen (secondary N) is 1. The molecule has 2 N–H and O–H groups in total. The van der Waals surface area contributed by atoms with Gasteiger partial charge in [0.05, 0.1) is 11.5 Å². The van der Waals surface area contributed by atoms with E-state index in [1.54, 1.807) is 12.1 Å². The molecule has 15 heavy (non-hydrogen) atoms. The van der Waals surface area contributed by atoms with Crippen LogP contribution in [0.1, 0.15) is 28.3 Å². The van der Waals surface area contributed by atoms with Crippen molar-refractivity contribution in [2.24, 2.45) is 0 Å². The van der Waals surface area contributed by atoms with Crippen molar-refractivity contribution in [3.8, 4) is 0 Å². The van der Waals surface area contributed by atoms with Gasteiger partial charge >= 0.3 is 5.97 Å². The van der Waals surface area contributed by atoms with Crippen molar-refractivity contribution in [2.75, 3.05) is 6.54 Å². The van der Waals surface area contributed by atoms with E-state index >= 15 is 0 Å².